The van der Waals surface area contributed by atoms with Gasteiger partial charge in [0.1, 0.15) is 17.7 Å². The highest BCUT2D eigenvalue weighted by molar-refractivity contribution is 5.86. The lowest BCUT2D eigenvalue weighted by Gasteiger charge is -2.39. The summed E-state index contributed by atoms with van der Waals surface area (Å²) in [5.74, 6) is -0.588. The molecular formula is C27H32N2O6. The molecule has 0 radical (unpaired) electrons. The van der Waals surface area contributed by atoms with Crippen LogP contribution in [-0.4, -0.2) is 61.0 Å². The van der Waals surface area contributed by atoms with E-state index in [1.54, 1.807) is 25.7 Å². The van der Waals surface area contributed by atoms with Crippen molar-refractivity contribution in [2.75, 3.05) is 26.8 Å². The van der Waals surface area contributed by atoms with E-state index in [0.717, 1.165) is 11.1 Å². The van der Waals surface area contributed by atoms with Crippen LogP contribution in [0, 0.1) is 0 Å². The third-order valence-electron chi connectivity index (χ3n) is 6.53. The Kier molecular flexibility index (Phi) is 6.74. The topological polar surface area (TPSA) is 94.2 Å². The molecule has 0 spiro atoms. The van der Waals surface area contributed by atoms with E-state index in [4.69, 9.17) is 14.2 Å². The quantitative estimate of drug-likeness (QED) is 0.513. The van der Waals surface area contributed by atoms with Crippen LogP contribution in [0.4, 0.5) is 9.59 Å². The molecule has 0 saturated carbocycles. The van der Waals surface area contributed by atoms with E-state index in [1.807, 2.05) is 24.3 Å². The summed E-state index contributed by atoms with van der Waals surface area (Å²) >= 11 is 0. The van der Waals surface area contributed by atoms with E-state index >= 15 is 0 Å². The molecule has 1 fully saturated rings. The Balaban J connectivity index is 1.39. The minimum Gasteiger partial charge on any atom is -0.467 e. The van der Waals surface area contributed by atoms with Gasteiger partial charge in [-0.15, -0.1) is 0 Å². The van der Waals surface area contributed by atoms with Crippen LogP contribution in [0.5, 0.6) is 0 Å². The molecule has 1 N–H and O–H groups in total. The summed E-state index contributed by atoms with van der Waals surface area (Å²) < 4.78 is 16.0. The third-order valence-corrected chi connectivity index (χ3v) is 6.53. The van der Waals surface area contributed by atoms with Crippen LogP contribution in [0.3, 0.4) is 0 Å². The number of fused-ring (bicyclic) bond motifs is 3. The first-order valence-electron chi connectivity index (χ1n) is 11.8. The number of methoxy groups -OCH3 is 1. The van der Waals surface area contributed by atoms with Crippen molar-refractivity contribution < 1.29 is 28.6 Å². The summed E-state index contributed by atoms with van der Waals surface area (Å²) in [6, 6.07) is 16.3. The molecule has 2 aliphatic rings. The summed E-state index contributed by atoms with van der Waals surface area (Å²) in [6.07, 6.45) is -0.744. The molecule has 0 aromatic heterocycles. The Morgan fingerprint density at radius 3 is 2.03 bits per heavy atom. The number of likely N-dealkylation sites (tertiary alicyclic amines) is 1. The Bertz CT molecular complexity index is 1070. The molecule has 186 valence electrons. The Labute approximate surface area is 205 Å². The van der Waals surface area contributed by atoms with Crippen LogP contribution < -0.4 is 5.32 Å². The summed E-state index contributed by atoms with van der Waals surface area (Å²) in [4.78, 5) is 39.4. The first kappa shape index (κ1) is 24.6. The predicted molar refractivity (Wildman–Crippen MR) is 130 cm³/mol. The Morgan fingerprint density at radius 1 is 0.971 bits per heavy atom. The van der Waals surface area contributed by atoms with Gasteiger partial charge in [-0.1, -0.05) is 48.5 Å². The van der Waals surface area contributed by atoms with Gasteiger partial charge in [-0.3, -0.25) is 0 Å². The number of ether oxygens (including phenoxy) is 3. The van der Waals surface area contributed by atoms with Gasteiger partial charge in [0.25, 0.3) is 0 Å². The van der Waals surface area contributed by atoms with Gasteiger partial charge in [-0.05, 0) is 55.9 Å². The lowest BCUT2D eigenvalue weighted by atomic mass is 9.87. The second-order valence-electron chi connectivity index (χ2n) is 9.99. The van der Waals surface area contributed by atoms with Crippen LogP contribution in [-0.2, 0) is 19.0 Å². The molecule has 0 atom stereocenters. The van der Waals surface area contributed by atoms with Gasteiger partial charge in [0.05, 0.1) is 7.11 Å². The SMILES string of the molecule is COC(=O)C1(NC(=O)OC(C)(C)C)CCN(C(=O)OCC2c3ccccc3-c3ccccc32)CC1. The number of benzene rings is 2. The number of amides is 2. The number of hydrogen-bond donors (Lipinski definition) is 1. The third kappa shape index (κ3) is 5.11. The van der Waals surface area contributed by atoms with E-state index in [9.17, 15) is 14.4 Å². The van der Waals surface area contributed by atoms with Gasteiger partial charge in [0.15, 0.2) is 0 Å². The van der Waals surface area contributed by atoms with E-state index in [2.05, 4.69) is 29.6 Å². The number of esters is 1. The van der Waals surface area contributed by atoms with E-state index < -0.39 is 29.3 Å². The largest absolute Gasteiger partial charge is 0.467 e. The van der Waals surface area contributed by atoms with Crippen LogP contribution in [0.1, 0.15) is 50.7 Å². The van der Waals surface area contributed by atoms with Crippen molar-refractivity contribution in [3.05, 3.63) is 59.7 Å². The number of alkyl carbamates (subject to hydrolysis) is 1. The van der Waals surface area contributed by atoms with Crippen LogP contribution in [0.15, 0.2) is 48.5 Å². The van der Waals surface area contributed by atoms with Gasteiger partial charge in [-0.25, -0.2) is 14.4 Å². The Morgan fingerprint density at radius 2 is 1.51 bits per heavy atom. The lowest BCUT2D eigenvalue weighted by Crippen LogP contribution is -2.61. The molecule has 1 aliphatic carbocycles. The summed E-state index contributed by atoms with van der Waals surface area (Å²) in [7, 11) is 1.28. The van der Waals surface area contributed by atoms with Crippen LogP contribution in [0.25, 0.3) is 11.1 Å². The molecule has 1 saturated heterocycles. The molecule has 2 aromatic rings. The highest BCUT2D eigenvalue weighted by atomic mass is 16.6. The summed E-state index contributed by atoms with van der Waals surface area (Å²) in [5, 5.41) is 2.68. The lowest BCUT2D eigenvalue weighted by molar-refractivity contribution is -0.150. The fourth-order valence-electron chi connectivity index (χ4n) is 4.83. The van der Waals surface area contributed by atoms with Crippen molar-refractivity contribution in [1.29, 1.82) is 0 Å². The van der Waals surface area contributed by atoms with Crippen LogP contribution >= 0.6 is 0 Å². The van der Waals surface area contributed by atoms with Gasteiger partial charge in [-0.2, -0.15) is 0 Å². The molecule has 4 rings (SSSR count). The van der Waals surface area contributed by atoms with Crippen molar-refractivity contribution in [1.82, 2.24) is 10.2 Å². The molecular weight excluding hydrogens is 448 g/mol. The molecule has 1 aliphatic heterocycles. The average molecular weight is 481 g/mol. The van der Waals surface area contributed by atoms with Crippen molar-refractivity contribution in [2.24, 2.45) is 0 Å². The molecule has 1 heterocycles. The normalized spacial score (nSPS) is 16.6. The summed E-state index contributed by atoms with van der Waals surface area (Å²) in [6.45, 7) is 5.94. The van der Waals surface area contributed by atoms with Gasteiger partial charge in [0, 0.05) is 19.0 Å². The molecule has 2 amide bonds. The van der Waals surface area contributed by atoms with E-state index in [-0.39, 0.29) is 38.5 Å². The summed E-state index contributed by atoms with van der Waals surface area (Å²) in [5.41, 5.74) is 2.66. The molecule has 8 nitrogen and oxygen atoms in total. The first-order valence-corrected chi connectivity index (χ1v) is 11.8. The fraction of sp³-hybridized carbons (Fsp3) is 0.444. The number of carbonyl (C=O) groups excluding carboxylic acids is 3. The average Bonchev–Trinajstić information content (AvgIpc) is 3.15. The zero-order chi connectivity index (χ0) is 25.2. The highest BCUT2D eigenvalue weighted by Gasteiger charge is 2.46. The van der Waals surface area contributed by atoms with Gasteiger partial charge < -0.3 is 24.4 Å². The number of carbonyl (C=O) groups is 3. The van der Waals surface area contributed by atoms with Crippen molar-refractivity contribution in [3.63, 3.8) is 0 Å². The maximum atomic E-state index is 12.9. The maximum absolute atomic E-state index is 12.9. The zero-order valence-electron chi connectivity index (χ0n) is 20.6. The molecule has 8 heteroatoms. The second-order valence-corrected chi connectivity index (χ2v) is 9.99. The number of hydrogen-bond acceptors (Lipinski definition) is 6. The minimum absolute atomic E-state index is 0.0286. The minimum atomic E-state index is -1.25. The maximum Gasteiger partial charge on any atom is 0.409 e. The van der Waals surface area contributed by atoms with Crippen LogP contribution in [0.2, 0.25) is 0 Å². The van der Waals surface area contributed by atoms with E-state index in [0.29, 0.717) is 0 Å². The molecule has 35 heavy (non-hydrogen) atoms. The van der Waals surface area contributed by atoms with Gasteiger partial charge >= 0.3 is 18.2 Å². The zero-order valence-corrected chi connectivity index (χ0v) is 20.6. The highest BCUT2D eigenvalue weighted by Crippen LogP contribution is 2.44. The molecule has 0 unspecified atom stereocenters. The monoisotopic (exact) mass is 480 g/mol. The van der Waals surface area contributed by atoms with Crippen molar-refractivity contribution >= 4 is 18.2 Å². The fourth-order valence-corrected chi connectivity index (χ4v) is 4.83. The standard InChI is InChI=1S/C27H32N2O6/c1-26(2,3)35-24(31)28-27(23(30)33-4)13-15-29(16-14-27)25(32)34-17-22-20-11-7-5-9-18(20)19-10-6-8-12-21(19)22/h5-12,22H,13-17H2,1-4H3,(H,28,31). The molecule has 0 bridgehead atoms. The smallest absolute Gasteiger partial charge is 0.409 e. The number of rotatable bonds is 4. The van der Waals surface area contributed by atoms with Crippen molar-refractivity contribution in [2.45, 2.75) is 50.7 Å². The first-order chi connectivity index (χ1) is 16.6. The number of piperidine rings is 1. The van der Waals surface area contributed by atoms with E-state index in [1.165, 1.54) is 18.2 Å². The second kappa shape index (κ2) is 9.60. The molecule has 2 aromatic carbocycles. The van der Waals surface area contributed by atoms with Gasteiger partial charge in [0.2, 0.25) is 0 Å². The van der Waals surface area contributed by atoms with Crippen molar-refractivity contribution in [3.8, 4) is 11.1 Å². The number of nitrogens with zero attached hydrogens (tertiary/aromatic N) is 1. The Hall–Kier alpha value is -3.55. The number of nitrogens with one attached hydrogen (secondary N) is 1. The predicted octanol–water partition coefficient (Wildman–Crippen LogP) is 4.47.